The van der Waals surface area contributed by atoms with Gasteiger partial charge in [-0.05, 0) is 51.2 Å². The average molecular weight is 367 g/mol. The first-order valence-corrected chi connectivity index (χ1v) is 9.07. The van der Waals surface area contributed by atoms with Crippen LogP contribution in [0.2, 0.25) is 0 Å². The molecule has 0 bridgehead atoms. The van der Waals surface area contributed by atoms with Gasteiger partial charge in [-0.25, -0.2) is 13.1 Å². The molecule has 0 aliphatic rings. The van der Waals surface area contributed by atoms with Crippen LogP contribution in [0.25, 0.3) is 0 Å². The third-order valence-corrected chi connectivity index (χ3v) is 5.62. The van der Waals surface area contributed by atoms with E-state index in [9.17, 15) is 18.5 Å². The SMILES string of the molecule is Cc1cc([N+](=O)[O-])cc(S(=O)(=O)NCC(c2ccco2)N(C)C)c1C. The van der Waals surface area contributed by atoms with Crippen molar-refractivity contribution < 1.29 is 17.8 Å². The Morgan fingerprint density at radius 2 is 2.00 bits per heavy atom. The minimum atomic E-state index is -3.91. The Morgan fingerprint density at radius 3 is 2.52 bits per heavy atom. The molecule has 0 fully saturated rings. The molecule has 1 aromatic carbocycles. The van der Waals surface area contributed by atoms with E-state index in [1.54, 1.807) is 26.0 Å². The first-order valence-electron chi connectivity index (χ1n) is 7.58. The average Bonchev–Trinajstić information content (AvgIpc) is 3.03. The highest BCUT2D eigenvalue weighted by atomic mass is 32.2. The van der Waals surface area contributed by atoms with Gasteiger partial charge in [0.1, 0.15) is 5.76 Å². The molecule has 2 aromatic rings. The minimum absolute atomic E-state index is 0.0734. The summed E-state index contributed by atoms with van der Waals surface area (Å²) in [5, 5.41) is 11.0. The number of benzene rings is 1. The van der Waals surface area contributed by atoms with E-state index in [4.69, 9.17) is 4.42 Å². The molecule has 1 heterocycles. The zero-order valence-electron chi connectivity index (χ0n) is 14.5. The standard InChI is InChI=1S/C16H21N3O5S/c1-11-8-13(19(20)21)9-16(12(11)2)25(22,23)17-10-14(18(3)4)15-6-5-7-24-15/h5-9,14,17H,10H2,1-4H3. The molecule has 1 aromatic heterocycles. The van der Waals surface area contributed by atoms with Crippen molar-refractivity contribution in [3.05, 3.63) is 57.5 Å². The smallest absolute Gasteiger partial charge is 0.271 e. The number of hydrogen-bond acceptors (Lipinski definition) is 6. The van der Waals surface area contributed by atoms with Gasteiger partial charge in [-0.2, -0.15) is 0 Å². The monoisotopic (exact) mass is 367 g/mol. The summed E-state index contributed by atoms with van der Waals surface area (Å²) in [6.07, 6.45) is 1.52. The van der Waals surface area contributed by atoms with Gasteiger partial charge in [0.2, 0.25) is 10.0 Å². The van der Waals surface area contributed by atoms with E-state index in [1.165, 1.54) is 12.3 Å². The fourth-order valence-corrected chi connectivity index (χ4v) is 3.85. The number of nitrogens with zero attached hydrogens (tertiary/aromatic N) is 2. The van der Waals surface area contributed by atoms with Gasteiger partial charge in [0, 0.05) is 18.7 Å². The molecular formula is C16H21N3O5S. The topological polar surface area (TPSA) is 106 Å². The molecule has 8 nitrogen and oxygen atoms in total. The van der Waals surface area contributed by atoms with Crippen LogP contribution in [0.15, 0.2) is 39.8 Å². The van der Waals surface area contributed by atoms with Crippen LogP contribution in [0.5, 0.6) is 0 Å². The quantitative estimate of drug-likeness (QED) is 0.595. The molecule has 0 radical (unpaired) electrons. The Kier molecular flexibility index (Phi) is 5.61. The molecule has 25 heavy (non-hydrogen) atoms. The van der Waals surface area contributed by atoms with Crippen molar-refractivity contribution in [2.75, 3.05) is 20.6 Å². The molecule has 0 amide bonds. The summed E-state index contributed by atoms with van der Waals surface area (Å²) in [6.45, 7) is 3.35. The number of hydrogen-bond donors (Lipinski definition) is 1. The third-order valence-electron chi connectivity index (χ3n) is 4.07. The van der Waals surface area contributed by atoms with E-state index >= 15 is 0 Å². The van der Waals surface area contributed by atoms with Crippen molar-refractivity contribution in [2.24, 2.45) is 0 Å². The Balaban J connectivity index is 2.32. The minimum Gasteiger partial charge on any atom is -0.468 e. The lowest BCUT2D eigenvalue weighted by Gasteiger charge is -2.22. The first kappa shape index (κ1) is 19.1. The summed E-state index contributed by atoms with van der Waals surface area (Å²) in [4.78, 5) is 12.2. The molecule has 2 rings (SSSR count). The Labute approximate surface area is 146 Å². The summed E-state index contributed by atoms with van der Waals surface area (Å²) < 4.78 is 33.3. The fraction of sp³-hybridized carbons (Fsp3) is 0.375. The lowest BCUT2D eigenvalue weighted by atomic mass is 10.1. The molecule has 136 valence electrons. The second-order valence-electron chi connectivity index (χ2n) is 5.99. The molecule has 9 heteroatoms. The van der Waals surface area contributed by atoms with E-state index < -0.39 is 14.9 Å². The van der Waals surface area contributed by atoms with Gasteiger partial charge in [-0.15, -0.1) is 0 Å². The van der Waals surface area contributed by atoms with Gasteiger partial charge in [0.05, 0.1) is 22.1 Å². The molecule has 0 aliphatic carbocycles. The zero-order valence-corrected chi connectivity index (χ0v) is 15.3. The molecule has 1 unspecified atom stereocenters. The number of likely N-dealkylation sites (N-methyl/N-ethyl adjacent to an activating group) is 1. The van der Waals surface area contributed by atoms with Crippen molar-refractivity contribution in [1.29, 1.82) is 0 Å². The van der Waals surface area contributed by atoms with Crippen LogP contribution < -0.4 is 4.72 Å². The number of nitro groups is 1. The summed E-state index contributed by atoms with van der Waals surface area (Å²) in [6, 6.07) is 5.64. The van der Waals surface area contributed by atoms with Crippen molar-refractivity contribution in [1.82, 2.24) is 9.62 Å². The van der Waals surface area contributed by atoms with Gasteiger partial charge in [-0.1, -0.05) is 0 Å². The second kappa shape index (κ2) is 7.34. The van der Waals surface area contributed by atoms with Crippen LogP contribution in [0.4, 0.5) is 5.69 Å². The van der Waals surface area contributed by atoms with Gasteiger partial charge in [-0.3, -0.25) is 15.0 Å². The highest BCUT2D eigenvalue weighted by molar-refractivity contribution is 7.89. The Hall–Kier alpha value is -2.23. The van der Waals surface area contributed by atoms with Gasteiger partial charge in [0.25, 0.3) is 5.69 Å². The predicted molar refractivity (Wildman–Crippen MR) is 92.9 cm³/mol. The Morgan fingerprint density at radius 1 is 1.32 bits per heavy atom. The van der Waals surface area contributed by atoms with Crippen molar-refractivity contribution in [2.45, 2.75) is 24.8 Å². The third kappa shape index (κ3) is 4.25. The van der Waals surface area contributed by atoms with Crippen LogP contribution >= 0.6 is 0 Å². The van der Waals surface area contributed by atoms with Gasteiger partial charge >= 0.3 is 0 Å². The normalized spacial score (nSPS) is 13.2. The molecule has 1 N–H and O–H groups in total. The molecular weight excluding hydrogens is 346 g/mol. The molecule has 0 saturated carbocycles. The summed E-state index contributed by atoms with van der Waals surface area (Å²) in [5.41, 5.74) is 0.779. The maximum Gasteiger partial charge on any atom is 0.271 e. The van der Waals surface area contributed by atoms with Crippen LogP contribution in [0.3, 0.4) is 0 Å². The molecule has 0 saturated heterocycles. The maximum absolute atomic E-state index is 12.7. The number of non-ortho nitro benzene ring substituents is 1. The molecule has 0 spiro atoms. The number of aryl methyl sites for hydroxylation is 1. The number of nitrogens with one attached hydrogen (secondary N) is 1. The Bertz CT molecular complexity index is 860. The molecule has 1 atom stereocenters. The van der Waals surface area contributed by atoms with Crippen molar-refractivity contribution >= 4 is 15.7 Å². The van der Waals surface area contributed by atoms with Gasteiger partial charge < -0.3 is 4.42 Å². The van der Waals surface area contributed by atoms with E-state index in [2.05, 4.69) is 4.72 Å². The number of furan rings is 1. The number of sulfonamides is 1. The zero-order chi connectivity index (χ0) is 18.8. The second-order valence-corrected chi connectivity index (χ2v) is 7.73. The van der Waals surface area contributed by atoms with Gasteiger partial charge in [0.15, 0.2) is 0 Å². The van der Waals surface area contributed by atoms with E-state index in [0.29, 0.717) is 16.9 Å². The van der Waals surface area contributed by atoms with Crippen molar-refractivity contribution in [3.8, 4) is 0 Å². The first-order chi connectivity index (χ1) is 11.6. The van der Waals surface area contributed by atoms with E-state index in [1.807, 2.05) is 19.0 Å². The largest absolute Gasteiger partial charge is 0.468 e. The summed E-state index contributed by atoms with van der Waals surface area (Å²) >= 11 is 0. The van der Waals surface area contributed by atoms with Crippen LogP contribution in [-0.2, 0) is 10.0 Å². The number of nitro benzene ring substituents is 1. The van der Waals surface area contributed by atoms with Crippen LogP contribution in [0, 0.1) is 24.0 Å². The van der Waals surface area contributed by atoms with E-state index in [-0.39, 0.29) is 23.2 Å². The summed E-state index contributed by atoms with van der Waals surface area (Å²) in [7, 11) is -0.292. The maximum atomic E-state index is 12.7. The van der Waals surface area contributed by atoms with Crippen LogP contribution in [0.1, 0.15) is 22.9 Å². The number of rotatable bonds is 7. The van der Waals surface area contributed by atoms with Crippen molar-refractivity contribution in [3.63, 3.8) is 0 Å². The molecule has 0 aliphatic heterocycles. The lowest BCUT2D eigenvalue weighted by Crippen LogP contribution is -2.34. The predicted octanol–water partition coefficient (Wildman–Crippen LogP) is 2.39. The fourth-order valence-electron chi connectivity index (χ4n) is 2.48. The summed E-state index contributed by atoms with van der Waals surface area (Å²) in [5.74, 6) is 0.625. The van der Waals surface area contributed by atoms with E-state index in [0.717, 1.165) is 6.07 Å². The highest BCUT2D eigenvalue weighted by Gasteiger charge is 2.25. The van der Waals surface area contributed by atoms with Crippen LogP contribution in [-0.4, -0.2) is 38.9 Å². The lowest BCUT2D eigenvalue weighted by molar-refractivity contribution is -0.385. The highest BCUT2D eigenvalue weighted by Crippen LogP contribution is 2.26.